The predicted octanol–water partition coefficient (Wildman–Crippen LogP) is 2.76. The SMILES string of the molecule is C#CCOc1cnc(/C(F)=C/c2ccc(F)c([C@@]3(C)N=C(N)S[C@@]4(C(=O)N5C6COCC5COC6)C[C@H]43)c2)cn1. The average Bonchev–Trinajstić information content (AvgIpc) is 3.69. The van der Waals surface area contributed by atoms with Crippen LogP contribution in [0.25, 0.3) is 11.9 Å². The molecule has 4 aliphatic rings. The molecule has 2 saturated heterocycles. The minimum atomic E-state index is -1.12. The lowest BCUT2D eigenvalue weighted by atomic mass is 9.84. The Morgan fingerprint density at radius 3 is 2.65 bits per heavy atom. The average molecular weight is 568 g/mol. The number of aromatic nitrogens is 2. The smallest absolute Gasteiger partial charge is 0.240 e. The monoisotopic (exact) mass is 567 g/mol. The summed E-state index contributed by atoms with van der Waals surface area (Å²) in [6, 6.07) is 3.94. The zero-order chi connectivity index (χ0) is 28.1. The minimum absolute atomic E-state index is 0.0187. The van der Waals surface area contributed by atoms with Crippen molar-refractivity contribution >= 4 is 34.7 Å². The number of nitrogens with two attached hydrogens (primary N) is 1. The fraction of sp³-hybridized carbons (Fsp3) is 0.429. The number of morpholine rings is 2. The number of amidine groups is 1. The van der Waals surface area contributed by atoms with Crippen LogP contribution >= 0.6 is 11.8 Å². The van der Waals surface area contributed by atoms with E-state index in [1.165, 1.54) is 42.4 Å². The number of amides is 1. The standard InChI is InChI=1S/C28H27F2N5O4S/c1-3-6-39-24-11-32-22(10-33-24)21(30)8-16-4-5-20(29)19(7-16)27(2)23-9-28(23,40-26(31)34-27)25(36)35-17-12-37-14-18(35)15-38-13-17/h1,4-5,7-8,10-11,17-18,23H,6,9,12-15H2,2H3,(H2,31,34)/b21-8-/t17?,18?,23-,27+,28-/m0/s1. The van der Waals surface area contributed by atoms with Crippen LogP contribution in [0.2, 0.25) is 0 Å². The number of nitrogens with zero attached hydrogens (tertiary/aromatic N) is 4. The maximum absolute atomic E-state index is 15.4. The van der Waals surface area contributed by atoms with Gasteiger partial charge in [0.05, 0.1) is 56.4 Å². The van der Waals surface area contributed by atoms with E-state index < -0.39 is 21.9 Å². The number of ether oxygens (including phenoxy) is 3. The van der Waals surface area contributed by atoms with E-state index in [-0.39, 0.29) is 52.8 Å². The van der Waals surface area contributed by atoms with Gasteiger partial charge in [0.15, 0.2) is 17.6 Å². The number of hydrogen-bond donors (Lipinski definition) is 1. The van der Waals surface area contributed by atoms with Crippen molar-refractivity contribution in [2.45, 2.75) is 35.7 Å². The van der Waals surface area contributed by atoms with E-state index in [4.69, 9.17) is 26.4 Å². The first-order valence-corrected chi connectivity index (χ1v) is 13.7. The molecule has 1 amide bonds. The fourth-order valence-electron chi connectivity index (χ4n) is 5.87. The van der Waals surface area contributed by atoms with Gasteiger partial charge in [-0.2, -0.15) is 0 Å². The Kier molecular flexibility index (Phi) is 6.76. The molecule has 0 spiro atoms. The molecule has 2 bridgehead atoms. The molecule has 40 heavy (non-hydrogen) atoms. The summed E-state index contributed by atoms with van der Waals surface area (Å²) in [6.07, 6.45) is 9.38. The Bertz CT molecular complexity index is 1430. The van der Waals surface area contributed by atoms with Crippen molar-refractivity contribution in [2.24, 2.45) is 16.6 Å². The van der Waals surface area contributed by atoms with Gasteiger partial charge in [0, 0.05) is 11.5 Å². The molecule has 0 radical (unpaired) electrons. The number of carbonyl (C=O) groups is 1. The second-order valence-electron chi connectivity index (χ2n) is 10.4. The third-order valence-corrected chi connectivity index (χ3v) is 9.14. The minimum Gasteiger partial charge on any atom is -0.463 e. The van der Waals surface area contributed by atoms with Gasteiger partial charge in [0.2, 0.25) is 11.8 Å². The van der Waals surface area contributed by atoms with Crippen molar-refractivity contribution in [3.05, 3.63) is 53.2 Å². The summed E-state index contributed by atoms with van der Waals surface area (Å²) in [5.74, 6) is 0.973. The second-order valence-corrected chi connectivity index (χ2v) is 11.8. The summed E-state index contributed by atoms with van der Waals surface area (Å²) >= 11 is 1.25. The first-order valence-electron chi connectivity index (χ1n) is 12.8. The molecule has 3 fully saturated rings. The van der Waals surface area contributed by atoms with Crippen molar-refractivity contribution in [3.8, 4) is 18.2 Å². The van der Waals surface area contributed by atoms with E-state index in [0.717, 1.165) is 0 Å². The normalized spacial score (nSPS) is 31.1. The molecule has 208 valence electrons. The summed E-state index contributed by atoms with van der Waals surface area (Å²) in [5, 5.41) is 0.216. The van der Waals surface area contributed by atoms with Crippen LogP contribution in [0.1, 0.15) is 30.2 Å². The lowest BCUT2D eigenvalue weighted by molar-refractivity contribution is -0.168. The van der Waals surface area contributed by atoms with Gasteiger partial charge >= 0.3 is 0 Å². The number of terminal acetylenes is 1. The summed E-state index contributed by atoms with van der Waals surface area (Å²) in [6.45, 7) is 3.44. The van der Waals surface area contributed by atoms with Gasteiger partial charge < -0.3 is 24.8 Å². The molecule has 12 heteroatoms. The van der Waals surface area contributed by atoms with Crippen LogP contribution in [0.5, 0.6) is 5.88 Å². The lowest BCUT2D eigenvalue weighted by Gasteiger charge is -2.47. The molecule has 1 aromatic carbocycles. The van der Waals surface area contributed by atoms with Crippen LogP contribution in [0, 0.1) is 24.1 Å². The maximum atomic E-state index is 15.4. The second kappa shape index (κ2) is 10.1. The van der Waals surface area contributed by atoms with Crippen molar-refractivity contribution in [1.82, 2.24) is 14.9 Å². The highest BCUT2D eigenvalue weighted by atomic mass is 32.2. The molecule has 1 aromatic heterocycles. The number of benzene rings is 1. The van der Waals surface area contributed by atoms with Gasteiger partial charge in [-0.1, -0.05) is 23.7 Å². The van der Waals surface area contributed by atoms with E-state index in [2.05, 4.69) is 20.9 Å². The third-order valence-electron chi connectivity index (χ3n) is 7.85. The Balaban J connectivity index is 1.29. The summed E-state index contributed by atoms with van der Waals surface area (Å²) in [7, 11) is 0. The van der Waals surface area contributed by atoms with Crippen molar-refractivity contribution in [3.63, 3.8) is 0 Å². The highest BCUT2D eigenvalue weighted by Gasteiger charge is 2.72. The highest BCUT2D eigenvalue weighted by molar-refractivity contribution is 8.15. The first-order chi connectivity index (χ1) is 19.2. The van der Waals surface area contributed by atoms with E-state index in [0.29, 0.717) is 38.4 Å². The number of thioether (sulfide) groups is 1. The van der Waals surface area contributed by atoms with E-state index in [9.17, 15) is 4.79 Å². The summed E-state index contributed by atoms with van der Waals surface area (Å²) in [4.78, 5) is 28.6. The number of aliphatic imine (C=N–C) groups is 1. The quantitative estimate of drug-likeness (QED) is 0.531. The molecule has 3 aliphatic heterocycles. The topological polar surface area (TPSA) is 112 Å². The van der Waals surface area contributed by atoms with Crippen LogP contribution in [-0.2, 0) is 19.8 Å². The Morgan fingerprint density at radius 2 is 2.00 bits per heavy atom. The van der Waals surface area contributed by atoms with Crippen LogP contribution < -0.4 is 10.5 Å². The number of halogens is 2. The van der Waals surface area contributed by atoms with Gasteiger partial charge in [-0.25, -0.2) is 18.7 Å². The first kappa shape index (κ1) is 26.7. The van der Waals surface area contributed by atoms with Crippen LogP contribution in [0.3, 0.4) is 0 Å². The molecule has 1 saturated carbocycles. The van der Waals surface area contributed by atoms with Crippen LogP contribution in [0.4, 0.5) is 8.78 Å². The van der Waals surface area contributed by atoms with Crippen molar-refractivity contribution in [1.29, 1.82) is 0 Å². The predicted molar refractivity (Wildman–Crippen MR) is 145 cm³/mol. The maximum Gasteiger partial charge on any atom is 0.240 e. The molecule has 2 aromatic rings. The fourth-order valence-corrected chi connectivity index (χ4v) is 7.29. The third kappa shape index (κ3) is 4.52. The van der Waals surface area contributed by atoms with Gasteiger partial charge in [0.1, 0.15) is 16.3 Å². The molecule has 1 aliphatic carbocycles. The zero-order valence-corrected chi connectivity index (χ0v) is 22.5. The Labute approximate surface area is 234 Å². The molecule has 4 heterocycles. The Morgan fingerprint density at radius 1 is 1.27 bits per heavy atom. The van der Waals surface area contributed by atoms with E-state index >= 15 is 8.78 Å². The molecule has 2 N–H and O–H groups in total. The highest BCUT2D eigenvalue weighted by Crippen LogP contribution is 2.66. The molecule has 9 nitrogen and oxygen atoms in total. The van der Waals surface area contributed by atoms with Crippen molar-refractivity contribution in [2.75, 3.05) is 33.0 Å². The molecule has 3 atom stereocenters. The number of rotatable bonds is 6. The van der Waals surface area contributed by atoms with Gasteiger partial charge in [-0.15, -0.1) is 6.42 Å². The molecule has 6 rings (SSSR count). The molecule has 0 unspecified atom stereocenters. The van der Waals surface area contributed by atoms with E-state index in [1.807, 2.05) is 4.90 Å². The van der Waals surface area contributed by atoms with Crippen LogP contribution in [-0.4, -0.2) is 75.8 Å². The zero-order valence-electron chi connectivity index (χ0n) is 21.7. The van der Waals surface area contributed by atoms with Gasteiger partial charge in [-0.3, -0.25) is 9.79 Å². The summed E-state index contributed by atoms with van der Waals surface area (Å²) < 4.78 is 46.1. The van der Waals surface area contributed by atoms with Gasteiger partial charge in [-0.05, 0) is 37.1 Å². The summed E-state index contributed by atoms with van der Waals surface area (Å²) in [5.41, 5.74) is 5.78. The van der Waals surface area contributed by atoms with Crippen molar-refractivity contribution < 1.29 is 27.8 Å². The van der Waals surface area contributed by atoms with E-state index in [1.54, 1.807) is 13.0 Å². The number of carbonyl (C=O) groups excluding carboxylic acids is 1. The molecular formula is C28H27F2N5O4S. The lowest BCUT2D eigenvalue weighted by Crippen LogP contribution is -2.64. The largest absolute Gasteiger partial charge is 0.463 e. The van der Waals surface area contributed by atoms with Crippen LogP contribution in [0.15, 0.2) is 35.6 Å². The Hall–Kier alpha value is -3.53. The van der Waals surface area contributed by atoms with Gasteiger partial charge in [0.25, 0.3) is 0 Å². The number of hydrogen-bond acceptors (Lipinski definition) is 9. The number of fused-ring (bicyclic) bond motifs is 3. The molecular weight excluding hydrogens is 540 g/mol.